The van der Waals surface area contributed by atoms with Crippen molar-refractivity contribution in [3.8, 4) is 5.75 Å². The first-order chi connectivity index (χ1) is 15.4. The molecule has 0 radical (unpaired) electrons. The van der Waals surface area contributed by atoms with Crippen LogP contribution >= 0.6 is 23.2 Å². The van der Waals surface area contributed by atoms with E-state index in [-0.39, 0.29) is 23.9 Å². The Hall–Kier alpha value is -3.68. The first kappa shape index (κ1) is 21.5. The van der Waals surface area contributed by atoms with Crippen molar-refractivity contribution < 1.29 is 19.2 Å². The smallest absolute Gasteiger partial charge is 0.363 e. The Morgan fingerprint density at radius 3 is 2.66 bits per heavy atom. The first-order valence-corrected chi connectivity index (χ1v) is 10.1. The summed E-state index contributed by atoms with van der Waals surface area (Å²) in [6, 6.07) is 18.0. The number of esters is 1. The van der Waals surface area contributed by atoms with Crippen molar-refractivity contribution in [3.05, 3.63) is 109 Å². The van der Waals surface area contributed by atoms with Gasteiger partial charge in [0.05, 0.1) is 15.5 Å². The van der Waals surface area contributed by atoms with Crippen LogP contribution in [0.1, 0.15) is 16.7 Å². The van der Waals surface area contributed by atoms with Gasteiger partial charge in [-0.3, -0.25) is 10.1 Å². The lowest BCUT2D eigenvalue weighted by Crippen LogP contribution is -2.05. The van der Waals surface area contributed by atoms with Gasteiger partial charge in [-0.15, -0.1) is 0 Å². The van der Waals surface area contributed by atoms with E-state index in [4.69, 9.17) is 32.7 Å². The maximum absolute atomic E-state index is 12.3. The lowest BCUT2D eigenvalue weighted by molar-refractivity contribution is -0.384. The molecule has 3 aromatic carbocycles. The third kappa shape index (κ3) is 4.96. The Morgan fingerprint density at radius 1 is 1.06 bits per heavy atom. The van der Waals surface area contributed by atoms with Crippen molar-refractivity contribution in [2.75, 3.05) is 0 Å². The average Bonchev–Trinajstić information content (AvgIpc) is 3.12. The lowest BCUT2D eigenvalue weighted by atomic mass is 10.2. The highest BCUT2D eigenvalue weighted by molar-refractivity contribution is 6.37. The summed E-state index contributed by atoms with van der Waals surface area (Å²) in [6.45, 7) is 0.154. The molecule has 0 unspecified atom stereocenters. The Morgan fingerprint density at radius 2 is 1.88 bits per heavy atom. The van der Waals surface area contributed by atoms with Gasteiger partial charge in [-0.05, 0) is 47.5 Å². The van der Waals surface area contributed by atoms with Crippen molar-refractivity contribution in [2.45, 2.75) is 6.61 Å². The molecule has 1 heterocycles. The molecule has 32 heavy (non-hydrogen) atoms. The number of hydrogen-bond donors (Lipinski definition) is 0. The van der Waals surface area contributed by atoms with E-state index in [0.29, 0.717) is 32.5 Å². The zero-order valence-electron chi connectivity index (χ0n) is 16.3. The van der Waals surface area contributed by atoms with Gasteiger partial charge in [-0.1, -0.05) is 47.5 Å². The number of rotatable bonds is 6. The molecule has 0 atom stereocenters. The summed E-state index contributed by atoms with van der Waals surface area (Å²) in [5.41, 5.74) is 1.90. The summed E-state index contributed by atoms with van der Waals surface area (Å²) in [5.74, 6) is 0.0251. The lowest BCUT2D eigenvalue weighted by Gasteiger charge is -2.07. The highest BCUT2D eigenvalue weighted by atomic mass is 35.5. The number of cyclic esters (lactones) is 1. The molecule has 4 rings (SSSR count). The van der Waals surface area contributed by atoms with Crippen molar-refractivity contribution >= 4 is 46.8 Å². The molecule has 0 aliphatic carbocycles. The van der Waals surface area contributed by atoms with E-state index in [0.717, 1.165) is 0 Å². The largest absolute Gasteiger partial charge is 0.489 e. The quantitative estimate of drug-likeness (QED) is 0.196. The predicted octanol–water partition coefficient (Wildman–Crippen LogP) is 5.83. The third-order valence-corrected chi connectivity index (χ3v) is 5.02. The van der Waals surface area contributed by atoms with Gasteiger partial charge in [-0.2, -0.15) is 0 Å². The number of nitro benzene ring substituents is 1. The molecule has 0 saturated heterocycles. The molecule has 0 saturated carbocycles. The van der Waals surface area contributed by atoms with Crippen LogP contribution in [-0.2, 0) is 16.1 Å². The van der Waals surface area contributed by atoms with Gasteiger partial charge in [-0.25, -0.2) is 9.79 Å². The Bertz CT molecular complexity index is 1290. The minimum atomic E-state index is -0.603. The molecular weight excluding hydrogens is 455 g/mol. The number of carbonyl (C=O) groups excluding carboxylic acids is 1. The molecule has 9 heteroatoms. The van der Waals surface area contributed by atoms with Crippen LogP contribution in [0.2, 0.25) is 10.0 Å². The van der Waals surface area contributed by atoms with Gasteiger partial charge in [0.15, 0.2) is 5.70 Å². The molecule has 0 amide bonds. The molecule has 0 fully saturated rings. The number of carbonyl (C=O) groups is 1. The van der Waals surface area contributed by atoms with Crippen LogP contribution < -0.4 is 4.74 Å². The monoisotopic (exact) mass is 468 g/mol. The summed E-state index contributed by atoms with van der Waals surface area (Å²) >= 11 is 12.1. The maximum atomic E-state index is 12.3. The summed E-state index contributed by atoms with van der Waals surface area (Å²) in [7, 11) is 0. The minimum Gasteiger partial charge on any atom is -0.489 e. The highest BCUT2D eigenvalue weighted by Gasteiger charge is 2.25. The maximum Gasteiger partial charge on any atom is 0.363 e. The molecule has 1 aliphatic heterocycles. The van der Waals surface area contributed by atoms with Gasteiger partial charge in [0.1, 0.15) is 12.4 Å². The standard InChI is InChI=1S/C23H14Cl2N2O5/c24-16-7-8-19(20(25)12-16)22-26-21(23(28)32-22)11-14-3-2-6-18(10-14)31-13-15-4-1-5-17(9-15)27(29)30/h1-12H,13H2/b21-11-. The van der Waals surface area contributed by atoms with E-state index >= 15 is 0 Å². The molecule has 0 N–H and O–H groups in total. The van der Waals surface area contributed by atoms with Crippen molar-refractivity contribution in [1.29, 1.82) is 0 Å². The molecule has 0 bridgehead atoms. The predicted molar refractivity (Wildman–Crippen MR) is 121 cm³/mol. The van der Waals surface area contributed by atoms with Crippen LogP contribution in [0.5, 0.6) is 5.75 Å². The van der Waals surface area contributed by atoms with Crippen LogP contribution in [0.25, 0.3) is 6.08 Å². The number of halogens is 2. The van der Waals surface area contributed by atoms with E-state index < -0.39 is 10.9 Å². The number of nitrogens with zero attached hydrogens (tertiary/aromatic N) is 2. The second-order valence-electron chi connectivity index (χ2n) is 6.75. The van der Waals surface area contributed by atoms with Gasteiger partial charge in [0.2, 0.25) is 5.90 Å². The van der Waals surface area contributed by atoms with Crippen molar-refractivity contribution in [1.82, 2.24) is 0 Å². The number of aliphatic imine (C=N–C) groups is 1. The number of ether oxygens (including phenoxy) is 2. The van der Waals surface area contributed by atoms with Crippen LogP contribution in [0.15, 0.2) is 77.4 Å². The number of nitro groups is 1. The fourth-order valence-corrected chi connectivity index (χ4v) is 3.46. The normalized spacial score (nSPS) is 14.2. The van der Waals surface area contributed by atoms with Crippen LogP contribution in [-0.4, -0.2) is 16.8 Å². The number of benzene rings is 3. The molecule has 0 aromatic heterocycles. The summed E-state index contributed by atoms with van der Waals surface area (Å²) in [4.78, 5) is 27.0. The minimum absolute atomic E-state index is 0.00112. The van der Waals surface area contributed by atoms with Crippen LogP contribution in [0, 0.1) is 10.1 Å². The van der Waals surface area contributed by atoms with Crippen molar-refractivity contribution in [3.63, 3.8) is 0 Å². The third-order valence-electron chi connectivity index (χ3n) is 4.47. The fraction of sp³-hybridized carbons (Fsp3) is 0.0435. The SMILES string of the molecule is O=C1OC(c2ccc(Cl)cc2Cl)=N/C1=C\c1cccc(OCc2cccc([N+](=O)[O-])c2)c1. The Labute approximate surface area is 192 Å². The van der Waals surface area contributed by atoms with E-state index in [9.17, 15) is 14.9 Å². The van der Waals surface area contributed by atoms with Gasteiger partial charge >= 0.3 is 5.97 Å². The Kier molecular flexibility index (Phi) is 6.20. The molecular formula is C23H14Cl2N2O5. The van der Waals surface area contributed by atoms with Crippen molar-refractivity contribution in [2.24, 2.45) is 4.99 Å². The highest BCUT2D eigenvalue weighted by Crippen LogP contribution is 2.27. The second-order valence-corrected chi connectivity index (χ2v) is 7.59. The zero-order chi connectivity index (χ0) is 22.7. The van der Waals surface area contributed by atoms with E-state index in [1.165, 1.54) is 12.1 Å². The second kappa shape index (κ2) is 9.21. The molecule has 0 spiro atoms. The molecule has 160 valence electrons. The van der Waals surface area contributed by atoms with E-state index in [1.807, 2.05) is 0 Å². The van der Waals surface area contributed by atoms with Gasteiger partial charge in [0, 0.05) is 17.2 Å². The van der Waals surface area contributed by atoms with Crippen LogP contribution in [0.4, 0.5) is 5.69 Å². The molecule has 1 aliphatic rings. The Balaban J connectivity index is 1.51. The first-order valence-electron chi connectivity index (χ1n) is 9.33. The zero-order valence-corrected chi connectivity index (χ0v) is 17.8. The van der Waals surface area contributed by atoms with Gasteiger partial charge in [0.25, 0.3) is 5.69 Å². The summed E-state index contributed by atoms with van der Waals surface area (Å²) in [5, 5.41) is 11.7. The van der Waals surface area contributed by atoms with Gasteiger partial charge < -0.3 is 9.47 Å². The summed E-state index contributed by atoms with van der Waals surface area (Å²) < 4.78 is 11.0. The number of hydrogen-bond acceptors (Lipinski definition) is 6. The average molecular weight is 469 g/mol. The topological polar surface area (TPSA) is 91.0 Å². The fourth-order valence-electron chi connectivity index (χ4n) is 2.97. The number of non-ortho nitro benzene ring substituents is 1. The molecule has 3 aromatic rings. The van der Waals surface area contributed by atoms with Crippen LogP contribution in [0.3, 0.4) is 0 Å². The van der Waals surface area contributed by atoms with E-state index in [2.05, 4.69) is 4.99 Å². The summed E-state index contributed by atoms with van der Waals surface area (Å²) in [6.07, 6.45) is 1.57. The molecule has 7 nitrogen and oxygen atoms in total. The van der Waals surface area contributed by atoms with E-state index in [1.54, 1.807) is 60.7 Å².